The molecule has 1 aromatic carbocycles. The van der Waals surface area contributed by atoms with Gasteiger partial charge in [-0.15, -0.1) is 0 Å². The molecule has 1 amide bonds. The molecule has 2 rings (SSSR count). The molecule has 0 atom stereocenters. The molecule has 1 heterocycles. The van der Waals surface area contributed by atoms with Crippen LogP contribution in [0.15, 0.2) is 18.2 Å². The Bertz CT molecular complexity index is 534. The van der Waals surface area contributed by atoms with Crippen molar-refractivity contribution in [2.24, 2.45) is 0 Å². The number of carbonyl (C=O) groups excluding carboxylic acids is 1. The molecule has 1 fully saturated rings. The molecule has 1 N–H and O–H groups in total. The first kappa shape index (κ1) is 19.5. The number of carbonyl (C=O) groups is 1. The summed E-state index contributed by atoms with van der Waals surface area (Å²) >= 11 is 12.0. The van der Waals surface area contributed by atoms with Crippen LogP contribution in [-0.2, 0) is 11.3 Å². The molecule has 0 radical (unpaired) electrons. The number of hydrogen-bond donors (Lipinski definition) is 1. The van der Waals surface area contributed by atoms with E-state index in [0.29, 0.717) is 36.0 Å². The van der Waals surface area contributed by atoms with Gasteiger partial charge in [-0.3, -0.25) is 9.69 Å². The van der Waals surface area contributed by atoms with Crippen LogP contribution >= 0.6 is 23.2 Å². The minimum Gasteiger partial charge on any atom is -0.396 e. The Kier molecular flexibility index (Phi) is 8.33. The van der Waals surface area contributed by atoms with Crippen LogP contribution in [0.4, 0.5) is 0 Å². The third-order valence-electron chi connectivity index (χ3n) is 4.37. The Morgan fingerprint density at radius 1 is 1.12 bits per heavy atom. The SMILES string of the molecule is O=C(CCN(CCCO)Cc1ccc(Cl)c(Cl)c1)N1CCCCC1. The third kappa shape index (κ3) is 6.25. The zero-order valence-electron chi connectivity index (χ0n) is 14.0. The highest BCUT2D eigenvalue weighted by molar-refractivity contribution is 6.42. The molecule has 1 saturated heterocycles. The van der Waals surface area contributed by atoms with E-state index in [1.165, 1.54) is 6.42 Å². The number of benzene rings is 1. The molecule has 0 aliphatic carbocycles. The van der Waals surface area contributed by atoms with Crippen molar-refractivity contribution < 1.29 is 9.90 Å². The average molecular weight is 373 g/mol. The summed E-state index contributed by atoms with van der Waals surface area (Å²) in [5.41, 5.74) is 1.06. The number of nitrogens with zero attached hydrogens (tertiary/aromatic N) is 2. The van der Waals surface area contributed by atoms with Crippen molar-refractivity contribution in [1.82, 2.24) is 9.80 Å². The molecule has 0 spiro atoms. The smallest absolute Gasteiger partial charge is 0.223 e. The molecule has 4 nitrogen and oxygen atoms in total. The lowest BCUT2D eigenvalue weighted by Gasteiger charge is -2.28. The van der Waals surface area contributed by atoms with Crippen LogP contribution in [0, 0.1) is 0 Å². The maximum Gasteiger partial charge on any atom is 0.223 e. The summed E-state index contributed by atoms with van der Waals surface area (Å²) in [5, 5.41) is 10.2. The van der Waals surface area contributed by atoms with Gasteiger partial charge in [0.25, 0.3) is 0 Å². The van der Waals surface area contributed by atoms with E-state index in [4.69, 9.17) is 28.3 Å². The summed E-state index contributed by atoms with van der Waals surface area (Å²) in [7, 11) is 0. The summed E-state index contributed by atoms with van der Waals surface area (Å²) in [6, 6.07) is 5.61. The van der Waals surface area contributed by atoms with Gasteiger partial charge in [0.15, 0.2) is 0 Å². The molecule has 24 heavy (non-hydrogen) atoms. The molecule has 0 saturated carbocycles. The van der Waals surface area contributed by atoms with E-state index in [0.717, 1.165) is 38.0 Å². The highest BCUT2D eigenvalue weighted by Gasteiger charge is 2.17. The zero-order valence-corrected chi connectivity index (χ0v) is 15.5. The Morgan fingerprint density at radius 2 is 1.88 bits per heavy atom. The van der Waals surface area contributed by atoms with Gasteiger partial charge in [0.1, 0.15) is 0 Å². The highest BCUT2D eigenvalue weighted by atomic mass is 35.5. The average Bonchev–Trinajstić information content (AvgIpc) is 2.61. The summed E-state index contributed by atoms with van der Waals surface area (Å²) < 4.78 is 0. The lowest BCUT2D eigenvalue weighted by molar-refractivity contribution is -0.132. The Balaban J connectivity index is 1.89. The number of rotatable bonds is 8. The number of aliphatic hydroxyl groups is 1. The number of piperidine rings is 1. The van der Waals surface area contributed by atoms with Crippen LogP contribution in [0.25, 0.3) is 0 Å². The number of hydrogen-bond acceptors (Lipinski definition) is 3. The standard InChI is InChI=1S/C18H26Cl2N2O2/c19-16-6-5-15(13-17(16)20)14-21(8-4-12-23)11-7-18(24)22-9-2-1-3-10-22/h5-6,13,23H,1-4,7-12,14H2. The Labute approximate surface area is 154 Å². The largest absolute Gasteiger partial charge is 0.396 e. The second-order valence-corrected chi connectivity index (χ2v) is 7.11. The minimum atomic E-state index is 0.151. The van der Waals surface area contributed by atoms with Crippen molar-refractivity contribution in [3.8, 4) is 0 Å². The van der Waals surface area contributed by atoms with Gasteiger partial charge in [0, 0.05) is 45.8 Å². The van der Waals surface area contributed by atoms with Crippen molar-refractivity contribution in [2.45, 2.75) is 38.6 Å². The molecule has 0 bridgehead atoms. The van der Waals surface area contributed by atoms with Gasteiger partial charge in [-0.2, -0.15) is 0 Å². The predicted molar refractivity (Wildman–Crippen MR) is 98.5 cm³/mol. The fraction of sp³-hybridized carbons (Fsp3) is 0.611. The van der Waals surface area contributed by atoms with Crippen LogP contribution in [0.3, 0.4) is 0 Å². The van der Waals surface area contributed by atoms with E-state index >= 15 is 0 Å². The van der Waals surface area contributed by atoms with E-state index < -0.39 is 0 Å². The number of aliphatic hydroxyl groups excluding tert-OH is 1. The molecule has 0 unspecified atom stereocenters. The van der Waals surface area contributed by atoms with Crippen LogP contribution in [0.1, 0.15) is 37.7 Å². The first-order chi connectivity index (χ1) is 11.6. The maximum absolute atomic E-state index is 12.3. The molecule has 1 aromatic rings. The number of amides is 1. The van der Waals surface area contributed by atoms with Crippen molar-refractivity contribution in [3.63, 3.8) is 0 Å². The lowest BCUT2D eigenvalue weighted by atomic mass is 10.1. The summed E-state index contributed by atoms with van der Waals surface area (Å²) in [4.78, 5) is 16.5. The second kappa shape index (κ2) is 10.2. The van der Waals surface area contributed by atoms with Gasteiger partial charge >= 0.3 is 0 Å². The molecule has 6 heteroatoms. The van der Waals surface area contributed by atoms with Crippen molar-refractivity contribution in [2.75, 3.05) is 32.8 Å². The molecule has 0 aromatic heterocycles. The first-order valence-electron chi connectivity index (χ1n) is 8.65. The van der Waals surface area contributed by atoms with Crippen LogP contribution in [0.2, 0.25) is 10.0 Å². The Hall–Kier alpha value is -0.810. The normalized spacial score (nSPS) is 15.1. The van der Waals surface area contributed by atoms with E-state index in [9.17, 15) is 4.79 Å². The molecule has 134 valence electrons. The van der Waals surface area contributed by atoms with E-state index in [1.807, 2.05) is 17.0 Å². The van der Waals surface area contributed by atoms with E-state index in [-0.39, 0.29) is 12.5 Å². The Morgan fingerprint density at radius 3 is 2.54 bits per heavy atom. The molecule has 1 aliphatic rings. The number of halogens is 2. The first-order valence-corrected chi connectivity index (χ1v) is 9.40. The van der Waals surface area contributed by atoms with Gasteiger partial charge < -0.3 is 10.0 Å². The van der Waals surface area contributed by atoms with Gasteiger partial charge in [0.05, 0.1) is 10.0 Å². The third-order valence-corrected chi connectivity index (χ3v) is 5.11. The molecular weight excluding hydrogens is 347 g/mol. The van der Waals surface area contributed by atoms with Gasteiger partial charge in [0.2, 0.25) is 5.91 Å². The topological polar surface area (TPSA) is 43.8 Å². The summed E-state index contributed by atoms with van der Waals surface area (Å²) in [6.07, 6.45) is 4.67. The fourth-order valence-electron chi connectivity index (χ4n) is 3.02. The zero-order chi connectivity index (χ0) is 17.4. The minimum absolute atomic E-state index is 0.151. The van der Waals surface area contributed by atoms with Crippen molar-refractivity contribution >= 4 is 29.1 Å². The van der Waals surface area contributed by atoms with Crippen molar-refractivity contribution in [1.29, 1.82) is 0 Å². The lowest BCUT2D eigenvalue weighted by Crippen LogP contribution is -2.38. The maximum atomic E-state index is 12.3. The monoisotopic (exact) mass is 372 g/mol. The molecular formula is C18H26Cl2N2O2. The van der Waals surface area contributed by atoms with E-state index in [1.54, 1.807) is 6.07 Å². The van der Waals surface area contributed by atoms with E-state index in [2.05, 4.69) is 4.90 Å². The van der Waals surface area contributed by atoms with Crippen LogP contribution in [0.5, 0.6) is 0 Å². The van der Waals surface area contributed by atoms with Gasteiger partial charge in [-0.1, -0.05) is 29.3 Å². The summed E-state index contributed by atoms with van der Waals surface area (Å²) in [6.45, 7) is 4.08. The van der Waals surface area contributed by atoms with Crippen LogP contribution in [-0.4, -0.2) is 53.6 Å². The summed E-state index contributed by atoms with van der Waals surface area (Å²) in [5.74, 6) is 0.234. The fourth-order valence-corrected chi connectivity index (χ4v) is 3.34. The van der Waals surface area contributed by atoms with Crippen LogP contribution < -0.4 is 0 Å². The molecule has 1 aliphatic heterocycles. The second-order valence-electron chi connectivity index (χ2n) is 6.29. The number of likely N-dealkylation sites (tertiary alicyclic amines) is 1. The van der Waals surface area contributed by atoms with Gasteiger partial charge in [-0.05, 0) is 43.4 Å². The van der Waals surface area contributed by atoms with Crippen molar-refractivity contribution in [3.05, 3.63) is 33.8 Å². The highest BCUT2D eigenvalue weighted by Crippen LogP contribution is 2.23. The quantitative estimate of drug-likeness (QED) is 0.758. The van der Waals surface area contributed by atoms with Gasteiger partial charge in [-0.25, -0.2) is 0 Å². The predicted octanol–water partition coefficient (Wildman–Crippen LogP) is 3.58.